The molecule has 4 aromatic rings. The van der Waals surface area contributed by atoms with Crippen LogP contribution in [-0.2, 0) is 17.1 Å². The van der Waals surface area contributed by atoms with Crippen molar-refractivity contribution in [3.8, 4) is 5.75 Å². The lowest BCUT2D eigenvalue weighted by molar-refractivity contribution is -0.114. The van der Waals surface area contributed by atoms with Gasteiger partial charge in [-0.2, -0.15) is 0 Å². The molecule has 2 heterocycles. The molecule has 0 bridgehead atoms. The molecule has 1 amide bonds. The zero-order valence-corrected chi connectivity index (χ0v) is 19.0. The highest BCUT2D eigenvalue weighted by molar-refractivity contribution is 8.00. The number of aromatic nitrogens is 2. The molecule has 2 aromatic heterocycles. The summed E-state index contributed by atoms with van der Waals surface area (Å²) in [4.78, 5) is 23.3. The van der Waals surface area contributed by atoms with E-state index in [1.165, 1.54) is 36.1 Å². The molecule has 0 spiro atoms. The first-order valence-corrected chi connectivity index (χ1v) is 11.5. The minimum Gasteiger partial charge on any atom is -0.497 e. The summed E-state index contributed by atoms with van der Waals surface area (Å²) in [5, 5.41) is 15.9. The molecule has 0 aliphatic carbocycles. The number of amides is 1. The van der Waals surface area contributed by atoms with Crippen molar-refractivity contribution in [1.29, 1.82) is 0 Å². The highest BCUT2D eigenvalue weighted by Gasteiger charge is 2.10. The Morgan fingerprint density at radius 2 is 1.97 bits per heavy atom. The Kier molecular flexibility index (Phi) is 6.72. The van der Waals surface area contributed by atoms with Gasteiger partial charge >= 0.3 is 5.63 Å². The molecule has 0 aliphatic heterocycles. The second-order valence-corrected chi connectivity index (χ2v) is 9.05. The number of thioether (sulfide) groups is 1. The van der Waals surface area contributed by atoms with Crippen LogP contribution in [0.25, 0.3) is 11.0 Å². The fourth-order valence-electron chi connectivity index (χ4n) is 3.03. The van der Waals surface area contributed by atoms with E-state index in [0.29, 0.717) is 23.6 Å². The number of fused-ring (bicyclic) bond motifs is 1. The topological polar surface area (TPSA) is 106 Å². The lowest BCUT2D eigenvalue weighted by atomic mass is 10.1. The number of carbonyl (C=O) groups is 1. The number of anilines is 2. The Balaban J connectivity index is 1.41. The molecule has 4 rings (SSSR count). The first kappa shape index (κ1) is 21.8. The van der Waals surface area contributed by atoms with Gasteiger partial charge in [-0.3, -0.25) is 4.79 Å². The molecule has 0 atom stereocenters. The summed E-state index contributed by atoms with van der Waals surface area (Å²) in [5.41, 5.74) is 2.51. The van der Waals surface area contributed by atoms with Crippen LogP contribution in [0.5, 0.6) is 5.75 Å². The number of benzene rings is 2. The Bertz CT molecular complexity index is 1300. The van der Waals surface area contributed by atoms with E-state index < -0.39 is 5.63 Å². The van der Waals surface area contributed by atoms with Crippen LogP contribution in [0, 0.1) is 0 Å². The van der Waals surface area contributed by atoms with Gasteiger partial charge in [-0.15, -0.1) is 10.2 Å². The highest BCUT2D eigenvalue weighted by atomic mass is 32.2. The van der Waals surface area contributed by atoms with E-state index in [0.717, 1.165) is 31.7 Å². The van der Waals surface area contributed by atoms with Gasteiger partial charge in [-0.1, -0.05) is 35.2 Å². The fourth-order valence-corrected chi connectivity index (χ4v) is 4.77. The maximum atomic E-state index is 12.0. The molecular formula is C22H20N4O4S2. The fraction of sp³-hybridized carbons (Fsp3) is 0.182. The van der Waals surface area contributed by atoms with E-state index in [1.54, 1.807) is 19.2 Å². The minimum atomic E-state index is -0.438. The van der Waals surface area contributed by atoms with E-state index in [4.69, 9.17) is 9.15 Å². The SMILES string of the molecule is COc1ccc(CNc2nnc(SCc3cc(=O)oc4cc(NC(C)=O)ccc34)s2)cc1. The molecular weight excluding hydrogens is 448 g/mol. The van der Waals surface area contributed by atoms with Crippen LogP contribution in [0.2, 0.25) is 0 Å². The normalized spacial score (nSPS) is 10.8. The maximum Gasteiger partial charge on any atom is 0.336 e. The number of ether oxygens (including phenoxy) is 1. The number of hydrogen-bond donors (Lipinski definition) is 2. The number of nitrogens with one attached hydrogen (secondary N) is 2. The van der Waals surface area contributed by atoms with Crippen molar-refractivity contribution in [3.05, 3.63) is 70.1 Å². The summed E-state index contributed by atoms with van der Waals surface area (Å²) in [6, 6.07) is 14.6. The molecule has 32 heavy (non-hydrogen) atoms. The van der Waals surface area contributed by atoms with Crippen molar-refractivity contribution < 1.29 is 13.9 Å². The number of methoxy groups -OCH3 is 1. The van der Waals surface area contributed by atoms with Gasteiger partial charge in [0, 0.05) is 42.4 Å². The zero-order valence-electron chi connectivity index (χ0n) is 17.4. The number of carbonyl (C=O) groups excluding carboxylic acids is 1. The summed E-state index contributed by atoms with van der Waals surface area (Å²) in [6.45, 7) is 2.06. The molecule has 2 N–H and O–H groups in total. The van der Waals surface area contributed by atoms with E-state index in [2.05, 4.69) is 20.8 Å². The Hall–Kier alpha value is -3.37. The van der Waals surface area contributed by atoms with Gasteiger partial charge in [0.05, 0.1) is 7.11 Å². The van der Waals surface area contributed by atoms with Crippen molar-refractivity contribution in [2.24, 2.45) is 0 Å². The number of nitrogens with zero attached hydrogens (tertiary/aromatic N) is 2. The van der Waals surface area contributed by atoms with Gasteiger partial charge in [0.2, 0.25) is 11.0 Å². The predicted octanol–water partition coefficient (Wildman–Crippen LogP) is 4.52. The molecule has 8 nitrogen and oxygen atoms in total. The average molecular weight is 469 g/mol. The quantitative estimate of drug-likeness (QED) is 0.287. The van der Waals surface area contributed by atoms with E-state index in [1.807, 2.05) is 30.3 Å². The molecule has 0 saturated carbocycles. The third-order valence-corrected chi connectivity index (χ3v) is 6.57. The first-order chi connectivity index (χ1) is 15.5. The Morgan fingerprint density at radius 3 is 2.72 bits per heavy atom. The van der Waals surface area contributed by atoms with Gasteiger partial charge in [-0.25, -0.2) is 4.79 Å². The van der Waals surface area contributed by atoms with Crippen LogP contribution in [0.3, 0.4) is 0 Å². The first-order valence-electron chi connectivity index (χ1n) is 9.67. The summed E-state index contributed by atoms with van der Waals surface area (Å²) >= 11 is 2.95. The maximum absolute atomic E-state index is 12.0. The van der Waals surface area contributed by atoms with Crippen LogP contribution in [0.15, 0.2) is 62.1 Å². The lowest BCUT2D eigenvalue weighted by Crippen LogP contribution is -2.06. The van der Waals surface area contributed by atoms with Crippen molar-refractivity contribution in [2.75, 3.05) is 17.7 Å². The molecule has 0 saturated heterocycles. The van der Waals surface area contributed by atoms with E-state index in [9.17, 15) is 9.59 Å². The lowest BCUT2D eigenvalue weighted by Gasteiger charge is -2.07. The smallest absolute Gasteiger partial charge is 0.336 e. The highest BCUT2D eigenvalue weighted by Crippen LogP contribution is 2.31. The third-order valence-electron chi connectivity index (χ3n) is 4.51. The van der Waals surface area contributed by atoms with Gasteiger partial charge in [0.1, 0.15) is 11.3 Å². The molecule has 0 fully saturated rings. The van der Waals surface area contributed by atoms with Crippen LogP contribution in [0.4, 0.5) is 10.8 Å². The van der Waals surface area contributed by atoms with Gasteiger partial charge in [-0.05, 0) is 35.4 Å². The van der Waals surface area contributed by atoms with Crippen LogP contribution < -0.4 is 21.0 Å². The third kappa shape index (κ3) is 5.45. The van der Waals surface area contributed by atoms with E-state index >= 15 is 0 Å². The van der Waals surface area contributed by atoms with Gasteiger partial charge in [0.25, 0.3) is 0 Å². The number of hydrogen-bond acceptors (Lipinski definition) is 9. The molecule has 0 aliphatic rings. The van der Waals surface area contributed by atoms with Crippen LogP contribution in [0.1, 0.15) is 18.1 Å². The summed E-state index contributed by atoms with van der Waals surface area (Å²) in [6.07, 6.45) is 0. The van der Waals surface area contributed by atoms with Crippen molar-refractivity contribution in [3.63, 3.8) is 0 Å². The second-order valence-electron chi connectivity index (χ2n) is 6.85. The zero-order chi connectivity index (χ0) is 22.5. The predicted molar refractivity (Wildman–Crippen MR) is 127 cm³/mol. The van der Waals surface area contributed by atoms with Gasteiger partial charge < -0.3 is 19.8 Å². The molecule has 10 heteroatoms. The standard InChI is InChI=1S/C22H20N4O4S2/c1-13(27)24-16-5-8-18-15(9-20(28)30-19(18)10-16)12-31-22-26-25-21(32-22)23-11-14-3-6-17(29-2)7-4-14/h3-10H,11-12H2,1-2H3,(H,23,25)(H,24,27). The summed E-state index contributed by atoms with van der Waals surface area (Å²) < 4.78 is 11.3. The average Bonchev–Trinajstić information content (AvgIpc) is 3.23. The summed E-state index contributed by atoms with van der Waals surface area (Å²) in [5.74, 6) is 1.16. The summed E-state index contributed by atoms with van der Waals surface area (Å²) in [7, 11) is 1.64. The monoisotopic (exact) mass is 468 g/mol. The van der Waals surface area contributed by atoms with E-state index in [-0.39, 0.29) is 5.91 Å². The molecule has 2 aromatic carbocycles. The number of rotatable bonds is 8. The molecule has 0 radical (unpaired) electrons. The van der Waals surface area contributed by atoms with Gasteiger partial charge in [0.15, 0.2) is 4.34 Å². The second kappa shape index (κ2) is 9.84. The largest absolute Gasteiger partial charge is 0.497 e. The Labute approximate surface area is 192 Å². The minimum absolute atomic E-state index is 0.189. The van der Waals surface area contributed by atoms with Crippen LogP contribution in [-0.4, -0.2) is 23.2 Å². The molecule has 0 unspecified atom stereocenters. The van der Waals surface area contributed by atoms with Crippen molar-refractivity contribution >= 4 is 50.8 Å². The molecule has 164 valence electrons. The van der Waals surface area contributed by atoms with Crippen molar-refractivity contribution in [1.82, 2.24) is 10.2 Å². The van der Waals surface area contributed by atoms with Crippen LogP contribution >= 0.6 is 23.1 Å². The van der Waals surface area contributed by atoms with Crippen molar-refractivity contribution in [2.45, 2.75) is 23.6 Å². The Morgan fingerprint density at radius 1 is 1.16 bits per heavy atom.